The van der Waals surface area contributed by atoms with Crippen molar-refractivity contribution in [3.63, 3.8) is 0 Å². The van der Waals surface area contributed by atoms with Crippen LogP contribution in [-0.2, 0) is 28.5 Å². The molecule has 0 aromatic heterocycles. The maximum absolute atomic E-state index is 13.5. The number of ether oxygens (including phenoxy) is 5. The Hall–Kier alpha value is -0.730. The van der Waals surface area contributed by atoms with E-state index in [2.05, 4.69) is 12.2 Å². The fourth-order valence-electron chi connectivity index (χ4n) is 8.15. The van der Waals surface area contributed by atoms with Crippen LogP contribution in [0.3, 0.4) is 0 Å². The smallest absolute Gasteiger partial charge is 0.252 e. The molecule has 43 heavy (non-hydrogen) atoms. The Morgan fingerprint density at radius 1 is 0.558 bits per heavy atom. The lowest BCUT2D eigenvalue weighted by molar-refractivity contribution is -0.247. The van der Waals surface area contributed by atoms with E-state index in [4.69, 9.17) is 23.7 Å². The van der Waals surface area contributed by atoms with Gasteiger partial charge >= 0.3 is 0 Å². The molecule has 2 spiro atoms. The van der Waals surface area contributed by atoms with Gasteiger partial charge in [0.15, 0.2) is 24.0 Å². The molecule has 5 rings (SSSR count). The molecule has 2 saturated carbocycles. The van der Waals surface area contributed by atoms with E-state index in [1.165, 1.54) is 103 Å². The molecule has 0 unspecified atom stereocenters. The number of nitrogens with one attached hydrogen (secondary N) is 1. The molecule has 5 atom stereocenters. The van der Waals surface area contributed by atoms with Crippen molar-refractivity contribution in [1.82, 2.24) is 5.32 Å². The highest BCUT2D eigenvalue weighted by Crippen LogP contribution is 2.50. The molecule has 5 aliphatic rings. The van der Waals surface area contributed by atoms with E-state index in [1.807, 2.05) is 0 Å². The van der Waals surface area contributed by atoms with Crippen molar-refractivity contribution in [3.8, 4) is 0 Å². The molecule has 5 fully saturated rings. The zero-order chi connectivity index (χ0) is 29.8. The molecule has 3 aliphatic heterocycles. The predicted octanol–water partition coefficient (Wildman–Crippen LogP) is 8.61. The van der Waals surface area contributed by atoms with E-state index >= 15 is 0 Å². The van der Waals surface area contributed by atoms with Crippen LogP contribution >= 0.6 is 0 Å². The normalized spacial score (nSPS) is 30.9. The largest absolute Gasteiger partial charge is 0.354 e. The van der Waals surface area contributed by atoms with Crippen LogP contribution < -0.4 is 5.32 Å². The number of hydrogen-bond acceptors (Lipinski definition) is 6. The summed E-state index contributed by atoms with van der Waals surface area (Å²) in [5, 5.41) is 3.16. The van der Waals surface area contributed by atoms with Crippen molar-refractivity contribution in [2.24, 2.45) is 0 Å². The summed E-state index contributed by atoms with van der Waals surface area (Å²) in [4.78, 5) is 13.5. The number of hydrogen-bond donors (Lipinski definition) is 1. The Morgan fingerprint density at radius 3 is 1.53 bits per heavy atom. The molecule has 1 N–H and O–H groups in total. The standard InChI is InChI=1S/C36H63NO6/c1-2-3-4-5-6-7-8-9-10-11-12-13-14-15-16-23-28-37-33(38)31-29-30(41-35(40-29)24-19-17-20-25-35)32-34(39-31)43-36(42-32)26-21-18-22-27-36/h29-32,34H,2-28H2,1H3,(H,37,38)/t29-,30+,31+,32-,34-/m1/s1. The predicted molar refractivity (Wildman–Crippen MR) is 169 cm³/mol. The molecule has 0 radical (unpaired) electrons. The summed E-state index contributed by atoms with van der Waals surface area (Å²) in [7, 11) is 0. The van der Waals surface area contributed by atoms with Crippen LogP contribution in [0.5, 0.6) is 0 Å². The van der Waals surface area contributed by atoms with Gasteiger partial charge in [-0.2, -0.15) is 0 Å². The van der Waals surface area contributed by atoms with Gasteiger partial charge in [0.25, 0.3) is 5.91 Å². The molecule has 1 amide bonds. The lowest BCUT2D eigenvalue weighted by Crippen LogP contribution is -2.59. The van der Waals surface area contributed by atoms with Crippen molar-refractivity contribution in [1.29, 1.82) is 0 Å². The molecule has 7 nitrogen and oxygen atoms in total. The van der Waals surface area contributed by atoms with Gasteiger partial charge in [-0.3, -0.25) is 4.79 Å². The lowest BCUT2D eigenvalue weighted by Gasteiger charge is -2.36. The van der Waals surface area contributed by atoms with Crippen molar-refractivity contribution < 1.29 is 28.5 Å². The molecule has 2 aliphatic carbocycles. The molecular weight excluding hydrogens is 542 g/mol. The van der Waals surface area contributed by atoms with Crippen molar-refractivity contribution in [2.75, 3.05) is 6.54 Å². The highest BCUT2D eigenvalue weighted by molar-refractivity contribution is 5.81. The summed E-state index contributed by atoms with van der Waals surface area (Å²) in [6.07, 6.45) is 29.4. The van der Waals surface area contributed by atoms with Gasteiger partial charge in [0.2, 0.25) is 0 Å². The second-order valence-electron chi connectivity index (χ2n) is 14.3. The average Bonchev–Trinajstić information content (AvgIpc) is 3.56. The van der Waals surface area contributed by atoms with Crippen LogP contribution in [-0.4, -0.2) is 54.7 Å². The van der Waals surface area contributed by atoms with Gasteiger partial charge in [-0.15, -0.1) is 0 Å². The first-order valence-electron chi connectivity index (χ1n) is 18.8. The Bertz CT molecular complexity index is 810. The highest BCUT2D eigenvalue weighted by atomic mass is 16.9. The van der Waals surface area contributed by atoms with Crippen LogP contribution in [0.25, 0.3) is 0 Å². The Morgan fingerprint density at radius 2 is 1.00 bits per heavy atom. The van der Waals surface area contributed by atoms with Crippen LogP contribution in [0.4, 0.5) is 0 Å². The Balaban J connectivity index is 0.965. The Labute approximate surface area is 262 Å². The van der Waals surface area contributed by atoms with Crippen LogP contribution in [0.1, 0.15) is 174 Å². The zero-order valence-corrected chi connectivity index (χ0v) is 27.4. The minimum Gasteiger partial charge on any atom is -0.354 e. The minimum atomic E-state index is -0.726. The molecule has 0 aromatic rings. The van der Waals surface area contributed by atoms with E-state index < -0.39 is 30.1 Å². The summed E-state index contributed by atoms with van der Waals surface area (Å²) in [5.41, 5.74) is 0. The van der Waals surface area contributed by atoms with Crippen molar-refractivity contribution in [3.05, 3.63) is 0 Å². The van der Waals surface area contributed by atoms with E-state index in [-0.39, 0.29) is 18.1 Å². The summed E-state index contributed by atoms with van der Waals surface area (Å²) < 4.78 is 32.7. The number of unbranched alkanes of at least 4 members (excludes halogenated alkanes) is 15. The average molecular weight is 606 g/mol. The second-order valence-corrected chi connectivity index (χ2v) is 14.3. The number of rotatable bonds is 18. The number of carbonyl (C=O) groups excluding carboxylic acids is 1. The fraction of sp³-hybridized carbons (Fsp3) is 0.972. The van der Waals surface area contributed by atoms with E-state index in [0.717, 1.165) is 64.2 Å². The summed E-state index contributed by atoms with van der Waals surface area (Å²) in [5.74, 6) is -1.30. The van der Waals surface area contributed by atoms with Gasteiger partial charge in [-0.1, -0.05) is 116 Å². The van der Waals surface area contributed by atoms with E-state index in [9.17, 15) is 4.79 Å². The fourth-order valence-corrected chi connectivity index (χ4v) is 8.15. The topological polar surface area (TPSA) is 75.3 Å². The zero-order valence-electron chi connectivity index (χ0n) is 27.4. The van der Waals surface area contributed by atoms with Crippen molar-refractivity contribution >= 4 is 5.91 Å². The van der Waals surface area contributed by atoms with E-state index in [0.29, 0.717) is 6.54 Å². The first-order chi connectivity index (χ1) is 21.1. The highest BCUT2D eigenvalue weighted by Gasteiger charge is 2.65. The second kappa shape index (κ2) is 17.3. The van der Waals surface area contributed by atoms with Gasteiger partial charge in [-0.05, 0) is 32.1 Å². The summed E-state index contributed by atoms with van der Waals surface area (Å²) >= 11 is 0. The third kappa shape index (κ3) is 9.40. The molecular formula is C36H63NO6. The van der Waals surface area contributed by atoms with Gasteiger partial charge in [0, 0.05) is 32.2 Å². The molecule has 0 bridgehead atoms. The monoisotopic (exact) mass is 605 g/mol. The van der Waals surface area contributed by atoms with Crippen molar-refractivity contribution in [2.45, 2.75) is 216 Å². The van der Waals surface area contributed by atoms with Gasteiger partial charge < -0.3 is 29.0 Å². The SMILES string of the molecule is CCCCCCCCCCCCCCCCCCNC(=O)[C@H]1O[C@@H]2OC3(CCCCC3)O[C@@H]2[C@H]2OC3(CCCCC3)O[C@H]21. The maximum Gasteiger partial charge on any atom is 0.252 e. The third-order valence-electron chi connectivity index (χ3n) is 10.7. The summed E-state index contributed by atoms with van der Waals surface area (Å²) in [6, 6.07) is 0. The molecule has 3 heterocycles. The van der Waals surface area contributed by atoms with Crippen LogP contribution in [0.2, 0.25) is 0 Å². The number of amides is 1. The third-order valence-corrected chi connectivity index (χ3v) is 10.7. The maximum atomic E-state index is 13.5. The first-order valence-corrected chi connectivity index (χ1v) is 18.8. The molecule has 7 heteroatoms. The Kier molecular flexibility index (Phi) is 13.5. The number of carbonyl (C=O) groups is 1. The summed E-state index contributed by atoms with van der Waals surface area (Å²) in [6.45, 7) is 2.96. The van der Waals surface area contributed by atoms with Crippen LogP contribution in [0.15, 0.2) is 0 Å². The van der Waals surface area contributed by atoms with Gasteiger partial charge in [0.05, 0.1) is 0 Å². The number of fused-ring (bicyclic) bond motifs is 3. The lowest BCUT2D eigenvalue weighted by atomic mass is 9.94. The first kappa shape index (κ1) is 33.6. The molecule has 0 aromatic carbocycles. The molecule has 3 saturated heterocycles. The quantitative estimate of drug-likeness (QED) is 0.158. The minimum absolute atomic E-state index is 0.0981. The molecule has 248 valence electrons. The van der Waals surface area contributed by atoms with Crippen LogP contribution in [0, 0.1) is 0 Å². The van der Waals surface area contributed by atoms with E-state index in [1.54, 1.807) is 0 Å². The van der Waals surface area contributed by atoms with Gasteiger partial charge in [-0.25, -0.2) is 0 Å². The van der Waals surface area contributed by atoms with Gasteiger partial charge in [0.1, 0.15) is 18.3 Å².